The van der Waals surface area contributed by atoms with E-state index in [1.54, 1.807) is 7.11 Å². The fraction of sp³-hybridized carbons (Fsp3) is 0.625. The summed E-state index contributed by atoms with van der Waals surface area (Å²) < 4.78 is 5.05. The fourth-order valence-corrected chi connectivity index (χ4v) is 2.39. The molecule has 19 heavy (non-hydrogen) atoms. The van der Waals surface area contributed by atoms with Crippen molar-refractivity contribution in [2.75, 3.05) is 20.3 Å². The summed E-state index contributed by atoms with van der Waals surface area (Å²) in [5.41, 5.74) is 3.38. The number of benzene rings is 1. The van der Waals surface area contributed by atoms with Crippen LogP contribution >= 0.6 is 0 Å². The summed E-state index contributed by atoms with van der Waals surface area (Å²) in [6.45, 7) is 9.77. The van der Waals surface area contributed by atoms with Gasteiger partial charge in [-0.05, 0) is 30.9 Å². The summed E-state index contributed by atoms with van der Waals surface area (Å²) in [6, 6.07) is 6.24. The van der Waals surface area contributed by atoms with Crippen molar-refractivity contribution in [2.45, 2.75) is 39.8 Å². The van der Waals surface area contributed by atoms with Crippen molar-refractivity contribution in [3.05, 3.63) is 34.9 Å². The lowest BCUT2D eigenvalue weighted by atomic mass is 9.90. The topological polar surface area (TPSA) is 41.5 Å². The molecule has 0 fully saturated rings. The van der Waals surface area contributed by atoms with E-state index < -0.39 is 6.10 Å². The smallest absolute Gasteiger partial charge is 0.0948 e. The van der Waals surface area contributed by atoms with Crippen LogP contribution < -0.4 is 5.32 Å². The molecule has 108 valence electrons. The highest BCUT2D eigenvalue weighted by molar-refractivity contribution is 5.32. The second-order valence-electron chi connectivity index (χ2n) is 5.52. The van der Waals surface area contributed by atoms with Gasteiger partial charge in [-0.25, -0.2) is 0 Å². The van der Waals surface area contributed by atoms with Gasteiger partial charge in [0, 0.05) is 19.7 Å². The van der Waals surface area contributed by atoms with Crippen LogP contribution in [0.25, 0.3) is 0 Å². The molecule has 0 saturated carbocycles. The zero-order chi connectivity index (χ0) is 14.4. The Morgan fingerprint density at radius 2 is 1.95 bits per heavy atom. The summed E-state index contributed by atoms with van der Waals surface area (Å²) in [6.07, 6.45) is -0.488. The summed E-state index contributed by atoms with van der Waals surface area (Å²) in [5, 5.41) is 14.0. The van der Waals surface area contributed by atoms with Gasteiger partial charge < -0.3 is 15.2 Å². The molecule has 0 amide bonds. The summed E-state index contributed by atoms with van der Waals surface area (Å²) in [4.78, 5) is 0. The Hall–Kier alpha value is -0.900. The number of aliphatic hydroxyl groups excluding tert-OH is 1. The van der Waals surface area contributed by atoms with Crippen LogP contribution in [0.5, 0.6) is 0 Å². The van der Waals surface area contributed by atoms with Gasteiger partial charge >= 0.3 is 0 Å². The first-order valence-corrected chi connectivity index (χ1v) is 6.95. The van der Waals surface area contributed by atoms with Crippen LogP contribution in [0.1, 0.15) is 36.6 Å². The Labute approximate surface area is 117 Å². The molecular weight excluding hydrogens is 238 g/mol. The third kappa shape index (κ3) is 4.60. The number of hydrogen-bond acceptors (Lipinski definition) is 3. The van der Waals surface area contributed by atoms with E-state index in [9.17, 15) is 5.11 Å². The Morgan fingerprint density at radius 1 is 1.26 bits per heavy atom. The molecule has 0 aliphatic carbocycles. The van der Waals surface area contributed by atoms with Crippen molar-refractivity contribution in [1.82, 2.24) is 5.32 Å². The lowest BCUT2D eigenvalue weighted by Gasteiger charge is -2.29. The quantitative estimate of drug-likeness (QED) is 0.745. The number of aryl methyl sites for hydroxylation is 2. The SMILES string of the molecule is COCCNC(C(C)C)C(O)c1ccc(C)cc1C. The molecule has 0 heterocycles. The standard InChI is InChI=1S/C16H27NO2/c1-11(2)15(17-8-9-19-5)16(18)14-7-6-12(3)10-13(14)4/h6-7,10-11,15-18H,8-9H2,1-5H3. The Balaban J connectivity index is 2.83. The molecule has 0 aliphatic heterocycles. The monoisotopic (exact) mass is 265 g/mol. The van der Waals surface area contributed by atoms with Gasteiger partial charge in [-0.3, -0.25) is 0 Å². The average Bonchev–Trinajstić information content (AvgIpc) is 2.33. The molecule has 3 heteroatoms. The number of hydrogen-bond donors (Lipinski definition) is 2. The predicted molar refractivity (Wildman–Crippen MR) is 79.4 cm³/mol. The molecule has 3 nitrogen and oxygen atoms in total. The van der Waals surface area contributed by atoms with Crippen molar-refractivity contribution in [2.24, 2.45) is 5.92 Å². The van der Waals surface area contributed by atoms with Crippen LogP contribution in [0.3, 0.4) is 0 Å². The molecule has 0 aromatic heterocycles. The molecule has 0 aliphatic rings. The van der Waals surface area contributed by atoms with Crippen molar-refractivity contribution in [1.29, 1.82) is 0 Å². The van der Waals surface area contributed by atoms with Gasteiger partial charge in [0.25, 0.3) is 0 Å². The summed E-state index contributed by atoms with van der Waals surface area (Å²) in [5.74, 6) is 0.354. The first-order valence-electron chi connectivity index (χ1n) is 6.95. The number of methoxy groups -OCH3 is 1. The molecular formula is C16H27NO2. The van der Waals surface area contributed by atoms with Crippen LogP contribution in [0.15, 0.2) is 18.2 Å². The van der Waals surface area contributed by atoms with Crippen molar-refractivity contribution in [3.63, 3.8) is 0 Å². The number of nitrogens with one attached hydrogen (secondary N) is 1. The van der Waals surface area contributed by atoms with Crippen molar-refractivity contribution in [3.8, 4) is 0 Å². The highest BCUT2D eigenvalue weighted by Crippen LogP contribution is 2.25. The zero-order valence-corrected chi connectivity index (χ0v) is 12.7. The van der Waals surface area contributed by atoms with Crippen LogP contribution in [0, 0.1) is 19.8 Å². The first-order chi connectivity index (χ1) is 8.97. The maximum atomic E-state index is 10.6. The third-order valence-corrected chi connectivity index (χ3v) is 3.49. The van der Waals surface area contributed by atoms with E-state index in [-0.39, 0.29) is 6.04 Å². The number of aliphatic hydroxyl groups is 1. The highest BCUT2D eigenvalue weighted by Gasteiger charge is 2.24. The fourth-order valence-electron chi connectivity index (χ4n) is 2.39. The zero-order valence-electron chi connectivity index (χ0n) is 12.7. The average molecular weight is 265 g/mol. The van der Waals surface area contributed by atoms with E-state index in [1.807, 2.05) is 6.07 Å². The summed E-state index contributed by atoms with van der Waals surface area (Å²) >= 11 is 0. The Morgan fingerprint density at radius 3 is 2.47 bits per heavy atom. The van der Waals surface area contributed by atoms with E-state index in [2.05, 4.69) is 45.1 Å². The highest BCUT2D eigenvalue weighted by atomic mass is 16.5. The Bertz CT molecular complexity index is 390. The lowest BCUT2D eigenvalue weighted by Crippen LogP contribution is -2.41. The van der Waals surface area contributed by atoms with E-state index in [1.165, 1.54) is 5.56 Å². The maximum Gasteiger partial charge on any atom is 0.0948 e. The van der Waals surface area contributed by atoms with Crippen LogP contribution in [0.2, 0.25) is 0 Å². The van der Waals surface area contributed by atoms with Gasteiger partial charge in [0.15, 0.2) is 0 Å². The van der Waals surface area contributed by atoms with Crippen LogP contribution in [0.4, 0.5) is 0 Å². The van der Waals surface area contributed by atoms with Crippen LogP contribution in [-0.4, -0.2) is 31.4 Å². The van der Waals surface area contributed by atoms with E-state index >= 15 is 0 Å². The molecule has 1 aromatic rings. The number of rotatable bonds is 7. The third-order valence-electron chi connectivity index (χ3n) is 3.49. The predicted octanol–water partition coefficient (Wildman–Crippen LogP) is 2.60. The molecule has 0 radical (unpaired) electrons. The van der Waals surface area contributed by atoms with Gasteiger partial charge in [-0.15, -0.1) is 0 Å². The van der Waals surface area contributed by atoms with Gasteiger partial charge in [0.1, 0.15) is 0 Å². The first kappa shape index (κ1) is 16.2. The van der Waals surface area contributed by atoms with Gasteiger partial charge in [0.05, 0.1) is 12.7 Å². The minimum atomic E-state index is -0.488. The van der Waals surface area contributed by atoms with Crippen molar-refractivity contribution < 1.29 is 9.84 Å². The minimum absolute atomic E-state index is 0.0385. The molecule has 0 saturated heterocycles. The molecule has 1 aromatic carbocycles. The minimum Gasteiger partial charge on any atom is -0.387 e. The maximum absolute atomic E-state index is 10.6. The molecule has 2 atom stereocenters. The molecule has 1 rings (SSSR count). The van der Waals surface area contributed by atoms with Gasteiger partial charge in [-0.1, -0.05) is 37.6 Å². The van der Waals surface area contributed by atoms with E-state index in [4.69, 9.17) is 4.74 Å². The number of ether oxygens (including phenoxy) is 1. The summed E-state index contributed by atoms with van der Waals surface area (Å²) in [7, 11) is 1.69. The Kier molecular flexibility index (Phi) is 6.49. The second-order valence-corrected chi connectivity index (χ2v) is 5.52. The molecule has 0 bridgehead atoms. The lowest BCUT2D eigenvalue weighted by molar-refractivity contribution is 0.0973. The van der Waals surface area contributed by atoms with E-state index in [0.29, 0.717) is 12.5 Å². The van der Waals surface area contributed by atoms with Gasteiger partial charge in [-0.2, -0.15) is 0 Å². The molecule has 0 spiro atoms. The molecule has 2 unspecified atom stereocenters. The molecule has 2 N–H and O–H groups in total. The van der Waals surface area contributed by atoms with Crippen molar-refractivity contribution >= 4 is 0 Å². The van der Waals surface area contributed by atoms with Gasteiger partial charge in [0.2, 0.25) is 0 Å². The van der Waals surface area contributed by atoms with Crippen LogP contribution in [-0.2, 0) is 4.74 Å². The second kappa shape index (κ2) is 7.63. The van der Waals surface area contributed by atoms with E-state index in [0.717, 1.165) is 17.7 Å². The normalized spacial score (nSPS) is 14.7. The largest absolute Gasteiger partial charge is 0.387 e.